The lowest BCUT2D eigenvalue weighted by Crippen LogP contribution is -2.55. The Kier molecular flexibility index (Phi) is 3.48. The predicted molar refractivity (Wildman–Crippen MR) is 92.0 cm³/mol. The maximum Gasteiger partial charge on any atom is 0.139 e. The van der Waals surface area contributed by atoms with Crippen molar-refractivity contribution in [3.05, 3.63) is 11.6 Å². The van der Waals surface area contributed by atoms with Crippen molar-refractivity contribution in [3.63, 3.8) is 0 Å². The number of alkyl halides is 1. The van der Waals surface area contributed by atoms with Gasteiger partial charge in [0, 0.05) is 18.3 Å². The van der Waals surface area contributed by atoms with Crippen molar-refractivity contribution in [2.75, 3.05) is 0 Å². The lowest BCUT2D eigenvalue weighted by atomic mass is 9.47. The van der Waals surface area contributed by atoms with Crippen LogP contribution in [0.15, 0.2) is 11.6 Å². The number of halogens is 1. The van der Waals surface area contributed by atoms with Gasteiger partial charge in [0.15, 0.2) is 0 Å². The number of rotatable bonds is 0. The van der Waals surface area contributed by atoms with Crippen molar-refractivity contribution in [2.24, 2.45) is 28.6 Å². The minimum atomic E-state index is -0.822. The summed E-state index contributed by atoms with van der Waals surface area (Å²) in [5.41, 5.74) is 1.07. The van der Waals surface area contributed by atoms with Gasteiger partial charge in [-0.3, -0.25) is 4.79 Å². The van der Waals surface area contributed by atoms with Crippen molar-refractivity contribution in [1.82, 2.24) is 0 Å². The monoisotopic (exact) mass is 382 g/mol. The van der Waals surface area contributed by atoms with Crippen LogP contribution in [0.2, 0.25) is 0 Å². The van der Waals surface area contributed by atoms with Crippen LogP contribution in [-0.2, 0) is 4.79 Å². The molecule has 3 fully saturated rings. The van der Waals surface area contributed by atoms with E-state index in [1.165, 1.54) is 5.57 Å². The summed E-state index contributed by atoms with van der Waals surface area (Å²) in [7, 11) is 0. The van der Waals surface area contributed by atoms with Gasteiger partial charge in [-0.25, -0.2) is 0 Å². The average Bonchev–Trinajstić information content (AvgIpc) is 2.77. The largest absolute Gasteiger partial charge is 0.389 e. The summed E-state index contributed by atoms with van der Waals surface area (Å²) >= 11 is 3.44. The molecule has 4 rings (SSSR count). The third kappa shape index (κ3) is 2.17. The molecule has 0 amide bonds. The van der Waals surface area contributed by atoms with Crippen LogP contribution in [0.1, 0.15) is 58.8 Å². The van der Waals surface area contributed by atoms with E-state index < -0.39 is 10.6 Å². The first kappa shape index (κ1) is 16.3. The molecular weight excluding hydrogens is 356 g/mol. The molecule has 7 atom stereocenters. The maximum absolute atomic E-state index is 12.4. The molecule has 0 radical (unpaired) electrons. The second-order valence-corrected chi connectivity index (χ2v) is 10.4. The molecule has 0 heterocycles. The van der Waals surface area contributed by atoms with Crippen LogP contribution in [0.3, 0.4) is 0 Å². The van der Waals surface area contributed by atoms with Crippen LogP contribution in [0, 0.1) is 28.6 Å². The molecule has 4 aliphatic carbocycles. The van der Waals surface area contributed by atoms with Crippen LogP contribution < -0.4 is 0 Å². The van der Waals surface area contributed by atoms with E-state index in [0.29, 0.717) is 30.5 Å². The Labute approximate surface area is 146 Å². The fourth-order valence-corrected chi connectivity index (χ4v) is 6.87. The predicted octanol–water partition coefficient (Wildman–Crippen LogP) is 3.57. The summed E-state index contributed by atoms with van der Waals surface area (Å²) in [6.45, 7) is 4.46. The van der Waals surface area contributed by atoms with Crippen LogP contribution in [0.5, 0.6) is 0 Å². The zero-order chi connectivity index (χ0) is 16.6. The normalized spacial score (nSPS) is 55.7. The first-order chi connectivity index (χ1) is 10.7. The number of hydrogen-bond donors (Lipinski definition) is 2. The van der Waals surface area contributed by atoms with Gasteiger partial charge in [-0.05, 0) is 55.3 Å². The van der Waals surface area contributed by atoms with Crippen LogP contribution in [-0.4, -0.2) is 26.6 Å². The van der Waals surface area contributed by atoms with Gasteiger partial charge in [0.1, 0.15) is 10.3 Å². The van der Waals surface area contributed by atoms with E-state index >= 15 is 0 Å². The number of hydrogen-bond acceptors (Lipinski definition) is 3. The van der Waals surface area contributed by atoms with Gasteiger partial charge in [-0.2, -0.15) is 0 Å². The number of Topliss-reactive ketones (excluding diaryl/α,β-unsaturated/α-hetero) is 1. The summed E-state index contributed by atoms with van der Waals surface area (Å²) in [6, 6.07) is 0. The summed E-state index contributed by atoms with van der Waals surface area (Å²) in [5.74, 6) is 1.37. The minimum Gasteiger partial charge on any atom is -0.389 e. The first-order valence-electron chi connectivity index (χ1n) is 9.01. The topological polar surface area (TPSA) is 57.5 Å². The van der Waals surface area contributed by atoms with Gasteiger partial charge in [0.05, 0.1) is 6.10 Å². The summed E-state index contributed by atoms with van der Waals surface area (Å²) < 4.78 is -0.822. The highest BCUT2D eigenvalue weighted by Gasteiger charge is 2.61. The number of aliphatic hydroxyl groups excluding tert-OH is 1. The molecule has 0 aromatic rings. The number of ketones is 1. The molecule has 3 saturated carbocycles. The van der Waals surface area contributed by atoms with E-state index in [9.17, 15) is 15.0 Å². The molecule has 0 spiro atoms. The van der Waals surface area contributed by atoms with Gasteiger partial charge in [-0.1, -0.05) is 41.4 Å². The van der Waals surface area contributed by atoms with E-state index in [-0.39, 0.29) is 16.7 Å². The van der Waals surface area contributed by atoms with Gasteiger partial charge in [0.2, 0.25) is 0 Å². The van der Waals surface area contributed by atoms with Crippen molar-refractivity contribution >= 4 is 21.7 Å². The molecule has 0 saturated heterocycles. The smallest absolute Gasteiger partial charge is 0.139 e. The Bertz CT molecular complexity index is 583. The highest BCUT2D eigenvalue weighted by atomic mass is 79.9. The molecule has 0 aromatic heterocycles. The quantitative estimate of drug-likeness (QED) is 0.497. The maximum atomic E-state index is 12.4. The SMILES string of the molecule is C[C@]12CC[C@](O)(Br)CC1=C[C@H](O)[C@@H]1[C@@H]2CC[C@]2(C)C(=O)CC[C@@H]12. The fourth-order valence-electron chi connectivity index (χ4n) is 6.37. The van der Waals surface area contributed by atoms with Crippen molar-refractivity contribution in [2.45, 2.75) is 69.4 Å². The Balaban J connectivity index is 1.74. The molecule has 128 valence electrons. The number of fused-ring (bicyclic) bond motifs is 5. The Morgan fingerprint density at radius 1 is 1.13 bits per heavy atom. The van der Waals surface area contributed by atoms with Crippen molar-refractivity contribution < 1.29 is 15.0 Å². The minimum absolute atomic E-state index is 0.0663. The third-order valence-electron chi connectivity index (χ3n) is 7.85. The van der Waals surface area contributed by atoms with Gasteiger partial charge in [-0.15, -0.1) is 0 Å². The fraction of sp³-hybridized carbons (Fsp3) is 0.842. The second-order valence-electron chi connectivity index (χ2n) is 8.90. The molecular formula is C19H27BrO3. The number of aliphatic hydroxyl groups is 2. The molecule has 0 aromatic carbocycles. The Morgan fingerprint density at radius 3 is 2.57 bits per heavy atom. The molecule has 0 aliphatic heterocycles. The second kappa shape index (κ2) is 4.92. The third-order valence-corrected chi connectivity index (χ3v) is 8.53. The molecule has 3 nitrogen and oxygen atoms in total. The number of carbonyl (C=O) groups is 1. The highest BCUT2D eigenvalue weighted by molar-refractivity contribution is 9.10. The van der Waals surface area contributed by atoms with Crippen LogP contribution in [0.25, 0.3) is 0 Å². The summed E-state index contributed by atoms with van der Waals surface area (Å²) in [6.07, 6.45) is 7.46. The molecule has 2 N–H and O–H groups in total. The van der Waals surface area contributed by atoms with Gasteiger partial charge < -0.3 is 10.2 Å². The molecule has 4 aliphatic rings. The zero-order valence-corrected chi connectivity index (χ0v) is 15.6. The number of carbonyl (C=O) groups excluding carboxylic acids is 1. The first-order valence-corrected chi connectivity index (χ1v) is 9.81. The molecule has 0 unspecified atom stereocenters. The van der Waals surface area contributed by atoms with Crippen LogP contribution >= 0.6 is 15.9 Å². The van der Waals surface area contributed by atoms with Crippen molar-refractivity contribution in [1.29, 1.82) is 0 Å². The molecule has 0 bridgehead atoms. The highest BCUT2D eigenvalue weighted by Crippen LogP contribution is 2.65. The van der Waals surface area contributed by atoms with E-state index in [0.717, 1.165) is 32.1 Å². The van der Waals surface area contributed by atoms with Gasteiger partial charge in [0.25, 0.3) is 0 Å². The van der Waals surface area contributed by atoms with E-state index in [2.05, 4.69) is 29.8 Å². The average molecular weight is 383 g/mol. The van der Waals surface area contributed by atoms with Crippen molar-refractivity contribution in [3.8, 4) is 0 Å². The van der Waals surface area contributed by atoms with Crippen LogP contribution in [0.4, 0.5) is 0 Å². The molecule has 4 heteroatoms. The Morgan fingerprint density at radius 2 is 1.83 bits per heavy atom. The van der Waals surface area contributed by atoms with E-state index in [4.69, 9.17) is 0 Å². The standard InChI is InChI=1S/C19H27BrO3/c1-17-7-8-19(20,23)10-11(17)9-14(21)16-12-3-4-15(22)18(12,2)6-5-13(16)17/h9,12-14,16,21,23H,3-8,10H2,1-2H3/t12-,13-,14-,16-,17-,18-,19+/m0/s1. The molecule has 23 heavy (non-hydrogen) atoms. The Hall–Kier alpha value is -0.190. The lowest BCUT2D eigenvalue weighted by molar-refractivity contribution is -0.135. The summed E-state index contributed by atoms with van der Waals surface area (Å²) in [5, 5.41) is 21.3. The summed E-state index contributed by atoms with van der Waals surface area (Å²) in [4.78, 5) is 12.4. The lowest BCUT2D eigenvalue weighted by Gasteiger charge is -2.58. The zero-order valence-electron chi connectivity index (χ0n) is 14.0. The van der Waals surface area contributed by atoms with E-state index in [1.807, 2.05) is 6.08 Å². The van der Waals surface area contributed by atoms with Gasteiger partial charge >= 0.3 is 0 Å². The van der Waals surface area contributed by atoms with E-state index in [1.54, 1.807) is 0 Å².